The predicted molar refractivity (Wildman–Crippen MR) is 113 cm³/mol. The molecule has 1 fully saturated rings. The molecule has 1 aromatic heterocycles. The first-order valence-electron chi connectivity index (χ1n) is 9.93. The van der Waals surface area contributed by atoms with E-state index in [1.54, 1.807) is 6.07 Å². The number of piperazine rings is 1. The molecule has 0 N–H and O–H groups in total. The van der Waals surface area contributed by atoms with Crippen molar-refractivity contribution in [3.05, 3.63) is 53.7 Å². The van der Waals surface area contributed by atoms with Crippen LogP contribution in [0.5, 0.6) is 0 Å². The SMILES string of the molecule is CCN(CC)S(=O)(=O)c1ccc(N2CCN(Cc3cccc(C)c3)CC2)nc1. The van der Waals surface area contributed by atoms with E-state index in [1.807, 2.05) is 19.9 Å². The minimum atomic E-state index is -3.45. The average Bonchev–Trinajstić information content (AvgIpc) is 2.69. The van der Waals surface area contributed by atoms with Gasteiger partial charge in [0.15, 0.2) is 0 Å². The van der Waals surface area contributed by atoms with Crippen LogP contribution >= 0.6 is 0 Å². The normalized spacial score (nSPS) is 15.9. The van der Waals surface area contributed by atoms with Gasteiger partial charge in [-0.3, -0.25) is 4.90 Å². The summed E-state index contributed by atoms with van der Waals surface area (Å²) in [6, 6.07) is 12.1. The summed E-state index contributed by atoms with van der Waals surface area (Å²) in [6.07, 6.45) is 1.49. The van der Waals surface area contributed by atoms with Crippen molar-refractivity contribution >= 4 is 15.8 Å². The Morgan fingerprint density at radius 2 is 1.75 bits per heavy atom. The topological polar surface area (TPSA) is 56.8 Å². The van der Waals surface area contributed by atoms with E-state index in [9.17, 15) is 8.42 Å². The molecule has 1 aliphatic rings. The number of hydrogen-bond donors (Lipinski definition) is 0. The third-order valence-corrected chi connectivity index (χ3v) is 7.28. The number of rotatable bonds is 7. The van der Waals surface area contributed by atoms with Crippen LogP contribution in [0.4, 0.5) is 5.82 Å². The van der Waals surface area contributed by atoms with Crippen molar-refractivity contribution in [2.45, 2.75) is 32.2 Å². The van der Waals surface area contributed by atoms with Gasteiger partial charge in [-0.15, -0.1) is 0 Å². The average molecular weight is 403 g/mol. The molecule has 0 aliphatic carbocycles. The van der Waals surface area contributed by atoms with Gasteiger partial charge in [-0.2, -0.15) is 4.31 Å². The Morgan fingerprint density at radius 3 is 2.32 bits per heavy atom. The summed E-state index contributed by atoms with van der Waals surface area (Å²) in [5.74, 6) is 0.841. The van der Waals surface area contributed by atoms with Crippen LogP contribution < -0.4 is 4.90 Å². The summed E-state index contributed by atoms with van der Waals surface area (Å²) in [5, 5.41) is 0. The summed E-state index contributed by atoms with van der Waals surface area (Å²) >= 11 is 0. The molecule has 2 heterocycles. The maximum Gasteiger partial charge on any atom is 0.244 e. The van der Waals surface area contributed by atoms with E-state index in [2.05, 4.69) is 46.0 Å². The highest BCUT2D eigenvalue weighted by molar-refractivity contribution is 7.89. The van der Waals surface area contributed by atoms with E-state index in [-0.39, 0.29) is 4.90 Å². The Hall–Kier alpha value is -1.96. The summed E-state index contributed by atoms with van der Waals surface area (Å²) < 4.78 is 26.6. The van der Waals surface area contributed by atoms with E-state index < -0.39 is 10.0 Å². The quantitative estimate of drug-likeness (QED) is 0.713. The molecule has 1 aliphatic heterocycles. The first-order chi connectivity index (χ1) is 13.4. The van der Waals surface area contributed by atoms with Crippen LogP contribution in [0.2, 0.25) is 0 Å². The Labute approximate surface area is 168 Å². The van der Waals surface area contributed by atoms with E-state index in [1.165, 1.54) is 21.6 Å². The molecule has 0 atom stereocenters. The zero-order chi connectivity index (χ0) is 20.1. The lowest BCUT2D eigenvalue weighted by molar-refractivity contribution is 0.249. The molecule has 0 saturated carbocycles. The van der Waals surface area contributed by atoms with Crippen molar-refractivity contribution in [2.24, 2.45) is 0 Å². The van der Waals surface area contributed by atoms with E-state index >= 15 is 0 Å². The number of hydrogen-bond acceptors (Lipinski definition) is 5. The van der Waals surface area contributed by atoms with E-state index in [0.29, 0.717) is 13.1 Å². The van der Waals surface area contributed by atoms with Gasteiger partial charge in [0, 0.05) is 52.0 Å². The number of benzene rings is 1. The summed E-state index contributed by atoms with van der Waals surface area (Å²) in [7, 11) is -3.45. The van der Waals surface area contributed by atoms with Crippen molar-refractivity contribution in [1.29, 1.82) is 0 Å². The molecule has 1 saturated heterocycles. The van der Waals surface area contributed by atoms with Crippen LogP contribution in [-0.4, -0.2) is 61.9 Å². The molecule has 152 valence electrons. The van der Waals surface area contributed by atoms with Gasteiger partial charge in [0.25, 0.3) is 0 Å². The minimum Gasteiger partial charge on any atom is -0.354 e. The first kappa shape index (κ1) is 20.8. The lowest BCUT2D eigenvalue weighted by Gasteiger charge is -2.35. The molecule has 0 radical (unpaired) electrons. The molecule has 6 nitrogen and oxygen atoms in total. The van der Waals surface area contributed by atoms with Gasteiger partial charge in [0.1, 0.15) is 10.7 Å². The van der Waals surface area contributed by atoms with Crippen LogP contribution in [0.1, 0.15) is 25.0 Å². The van der Waals surface area contributed by atoms with Gasteiger partial charge >= 0.3 is 0 Å². The van der Waals surface area contributed by atoms with Crippen molar-refractivity contribution in [1.82, 2.24) is 14.2 Å². The maximum absolute atomic E-state index is 12.6. The van der Waals surface area contributed by atoms with Crippen molar-refractivity contribution in [3.8, 4) is 0 Å². The molecule has 0 spiro atoms. The fourth-order valence-electron chi connectivity index (χ4n) is 3.63. The number of pyridine rings is 1. The minimum absolute atomic E-state index is 0.262. The van der Waals surface area contributed by atoms with Gasteiger partial charge in [0.2, 0.25) is 10.0 Å². The Balaban J connectivity index is 1.60. The fourth-order valence-corrected chi connectivity index (χ4v) is 5.03. The number of aromatic nitrogens is 1. The van der Waals surface area contributed by atoms with Crippen molar-refractivity contribution < 1.29 is 8.42 Å². The van der Waals surface area contributed by atoms with Crippen LogP contribution in [0.3, 0.4) is 0 Å². The van der Waals surface area contributed by atoms with Gasteiger partial charge in [-0.05, 0) is 24.6 Å². The Bertz CT molecular complexity index is 872. The molecule has 7 heteroatoms. The number of anilines is 1. The van der Waals surface area contributed by atoms with Gasteiger partial charge in [-0.25, -0.2) is 13.4 Å². The third kappa shape index (κ3) is 4.71. The van der Waals surface area contributed by atoms with Crippen LogP contribution in [-0.2, 0) is 16.6 Å². The first-order valence-corrected chi connectivity index (χ1v) is 11.4. The molecule has 0 unspecified atom stereocenters. The van der Waals surface area contributed by atoms with Crippen LogP contribution in [0, 0.1) is 6.92 Å². The highest BCUT2D eigenvalue weighted by Crippen LogP contribution is 2.20. The monoisotopic (exact) mass is 402 g/mol. The number of aryl methyl sites for hydroxylation is 1. The largest absolute Gasteiger partial charge is 0.354 e. The molecule has 3 rings (SSSR count). The highest BCUT2D eigenvalue weighted by atomic mass is 32.2. The third-order valence-electron chi connectivity index (χ3n) is 5.25. The molecular formula is C21H30N4O2S. The molecule has 28 heavy (non-hydrogen) atoms. The number of nitrogens with zero attached hydrogens (tertiary/aromatic N) is 4. The van der Waals surface area contributed by atoms with E-state index in [0.717, 1.165) is 38.5 Å². The van der Waals surface area contributed by atoms with Gasteiger partial charge in [-0.1, -0.05) is 43.7 Å². The second-order valence-electron chi connectivity index (χ2n) is 7.19. The Kier molecular flexibility index (Phi) is 6.69. The maximum atomic E-state index is 12.6. The summed E-state index contributed by atoms with van der Waals surface area (Å²) in [4.78, 5) is 9.38. The lowest BCUT2D eigenvalue weighted by atomic mass is 10.1. The summed E-state index contributed by atoms with van der Waals surface area (Å²) in [5.41, 5.74) is 2.64. The summed E-state index contributed by atoms with van der Waals surface area (Å²) in [6.45, 7) is 11.4. The smallest absolute Gasteiger partial charge is 0.244 e. The van der Waals surface area contributed by atoms with E-state index in [4.69, 9.17) is 0 Å². The number of sulfonamides is 1. The standard InChI is InChI=1S/C21H30N4O2S/c1-4-25(5-2)28(26,27)20-9-10-21(22-16-20)24-13-11-23(12-14-24)17-19-8-6-7-18(3)15-19/h6-10,15-16H,4-5,11-14,17H2,1-3H3. The second kappa shape index (κ2) is 9.03. The lowest BCUT2D eigenvalue weighted by Crippen LogP contribution is -2.46. The van der Waals surface area contributed by atoms with Gasteiger partial charge in [0.05, 0.1) is 0 Å². The fraction of sp³-hybridized carbons (Fsp3) is 0.476. The molecule has 0 bridgehead atoms. The zero-order valence-electron chi connectivity index (χ0n) is 17.0. The van der Waals surface area contributed by atoms with Crippen LogP contribution in [0.25, 0.3) is 0 Å². The predicted octanol–water partition coefficient (Wildman–Crippen LogP) is 2.74. The molecule has 2 aromatic rings. The Morgan fingerprint density at radius 1 is 1.04 bits per heavy atom. The van der Waals surface area contributed by atoms with Crippen molar-refractivity contribution in [3.63, 3.8) is 0 Å². The van der Waals surface area contributed by atoms with Crippen LogP contribution in [0.15, 0.2) is 47.5 Å². The van der Waals surface area contributed by atoms with Crippen molar-refractivity contribution in [2.75, 3.05) is 44.2 Å². The second-order valence-corrected chi connectivity index (χ2v) is 9.13. The zero-order valence-corrected chi connectivity index (χ0v) is 17.8. The molecule has 1 aromatic carbocycles. The molecule has 0 amide bonds. The highest BCUT2D eigenvalue weighted by Gasteiger charge is 2.23. The van der Waals surface area contributed by atoms with Gasteiger partial charge < -0.3 is 4.90 Å². The molecular weight excluding hydrogens is 372 g/mol.